The summed E-state index contributed by atoms with van der Waals surface area (Å²) in [6, 6.07) is -0.227. The minimum Gasteiger partial charge on any atom is -0.379 e. The maximum atomic E-state index is 11.7. The highest BCUT2D eigenvalue weighted by Crippen LogP contribution is 2.01. The van der Waals surface area contributed by atoms with E-state index in [4.69, 9.17) is 10.5 Å². The van der Waals surface area contributed by atoms with Crippen molar-refractivity contribution in [1.82, 2.24) is 4.90 Å². The summed E-state index contributed by atoms with van der Waals surface area (Å²) in [5.41, 5.74) is 5.66. The molecular formula is C10H22N2O3S. The Bertz CT molecular complexity index is 286. The zero-order chi connectivity index (χ0) is 12.0. The van der Waals surface area contributed by atoms with Crippen LogP contribution in [0.25, 0.3) is 0 Å². The van der Waals surface area contributed by atoms with Crippen molar-refractivity contribution in [2.45, 2.75) is 19.4 Å². The van der Waals surface area contributed by atoms with Crippen LogP contribution in [0.5, 0.6) is 0 Å². The summed E-state index contributed by atoms with van der Waals surface area (Å²) in [6.45, 7) is 5.57. The van der Waals surface area contributed by atoms with Gasteiger partial charge in [-0.3, -0.25) is 4.90 Å². The lowest BCUT2D eigenvalue weighted by atomic mass is 10.3. The number of hydrogen-bond acceptors (Lipinski definition) is 5. The molecule has 1 heterocycles. The molecule has 1 unspecified atom stereocenters. The lowest BCUT2D eigenvalue weighted by Crippen LogP contribution is -2.40. The molecule has 0 saturated carbocycles. The quantitative estimate of drug-likeness (QED) is 0.686. The third kappa shape index (κ3) is 5.25. The van der Waals surface area contributed by atoms with Crippen LogP contribution in [0.3, 0.4) is 0 Å². The van der Waals surface area contributed by atoms with Gasteiger partial charge in [0.2, 0.25) is 0 Å². The van der Waals surface area contributed by atoms with Crippen molar-refractivity contribution in [2.24, 2.45) is 5.73 Å². The average Bonchev–Trinajstić information content (AvgIpc) is 2.27. The maximum absolute atomic E-state index is 11.7. The van der Waals surface area contributed by atoms with E-state index in [-0.39, 0.29) is 17.5 Å². The van der Waals surface area contributed by atoms with Gasteiger partial charge in [-0.1, -0.05) is 6.92 Å². The monoisotopic (exact) mass is 250 g/mol. The molecule has 0 radical (unpaired) electrons. The molecule has 16 heavy (non-hydrogen) atoms. The van der Waals surface area contributed by atoms with Crippen molar-refractivity contribution in [1.29, 1.82) is 0 Å². The van der Waals surface area contributed by atoms with Gasteiger partial charge in [-0.15, -0.1) is 0 Å². The second kappa shape index (κ2) is 6.54. The molecule has 1 fully saturated rings. The molecular weight excluding hydrogens is 228 g/mol. The van der Waals surface area contributed by atoms with Crippen LogP contribution in [0.1, 0.15) is 13.3 Å². The molecule has 96 valence electrons. The summed E-state index contributed by atoms with van der Waals surface area (Å²) >= 11 is 0. The Hall–Kier alpha value is -0.170. The van der Waals surface area contributed by atoms with Crippen molar-refractivity contribution >= 4 is 9.84 Å². The smallest absolute Gasteiger partial charge is 0.153 e. The summed E-state index contributed by atoms with van der Waals surface area (Å²) in [4.78, 5) is 2.12. The summed E-state index contributed by atoms with van der Waals surface area (Å²) < 4.78 is 28.6. The number of rotatable bonds is 6. The Morgan fingerprint density at radius 2 is 2.00 bits per heavy atom. The first kappa shape index (κ1) is 13.9. The van der Waals surface area contributed by atoms with E-state index in [1.54, 1.807) is 0 Å². The highest BCUT2D eigenvalue weighted by Gasteiger charge is 2.18. The van der Waals surface area contributed by atoms with E-state index in [0.29, 0.717) is 26.2 Å². The standard InChI is InChI=1S/C10H22N2O3S/c1-2-10(11)9-16(13,14)8-5-12-3-6-15-7-4-12/h10H,2-9,11H2,1H3. The molecule has 1 rings (SSSR count). The van der Waals surface area contributed by atoms with Crippen LogP contribution in [-0.4, -0.2) is 63.7 Å². The number of hydrogen-bond donors (Lipinski definition) is 1. The summed E-state index contributed by atoms with van der Waals surface area (Å²) in [7, 11) is -3.00. The molecule has 0 aromatic carbocycles. The van der Waals surface area contributed by atoms with Crippen LogP contribution in [0.2, 0.25) is 0 Å². The first-order chi connectivity index (χ1) is 7.53. The second-order valence-corrected chi connectivity index (χ2v) is 6.47. The van der Waals surface area contributed by atoms with Crippen molar-refractivity contribution in [2.75, 3.05) is 44.4 Å². The Morgan fingerprint density at radius 1 is 1.38 bits per heavy atom. The van der Waals surface area contributed by atoms with Crippen molar-refractivity contribution in [3.8, 4) is 0 Å². The van der Waals surface area contributed by atoms with E-state index >= 15 is 0 Å². The number of ether oxygens (including phenoxy) is 1. The molecule has 1 atom stereocenters. The summed E-state index contributed by atoms with van der Waals surface area (Å²) in [5.74, 6) is 0.314. The second-order valence-electron chi connectivity index (χ2n) is 4.24. The first-order valence-corrected chi connectivity index (χ1v) is 7.62. The van der Waals surface area contributed by atoms with Gasteiger partial charge >= 0.3 is 0 Å². The molecule has 0 aromatic heterocycles. The lowest BCUT2D eigenvalue weighted by Gasteiger charge is -2.26. The van der Waals surface area contributed by atoms with Gasteiger partial charge in [-0.2, -0.15) is 0 Å². The minimum atomic E-state index is -3.00. The third-order valence-electron chi connectivity index (χ3n) is 2.81. The maximum Gasteiger partial charge on any atom is 0.153 e. The Balaban J connectivity index is 2.29. The van der Waals surface area contributed by atoms with Crippen molar-refractivity contribution in [3.05, 3.63) is 0 Å². The van der Waals surface area contributed by atoms with Gasteiger partial charge in [0.1, 0.15) is 0 Å². The molecule has 1 aliphatic heterocycles. The number of sulfone groups is 1. The molecule has 1 aliphatic rings. The largest absolute Gasteiger partial charge is 0.379 e. The zero-order valence-corrected chi connectivity index (χ0v) is 10.7. The van der Waals surface area contributed by atoms with Gasteiger partial charge < -0.3 is 10.5 Å². The van der Waals surface area contributed by atoms with Gasteiger partial charge in [0, 0.05) is 25.7 Å². The Morgan fingerprint density at radius 3 is 2.56 bits per heavy atom. The average molecular weight is 250 g/mol. The van der Waals surface area contributed by atoms with E-state index in [1.165, 1.54) is 0 Å². The van der Waals surface area contributed by atoms with E-state index < -0.39 is 9.84 Å². The highest BCUT2D eigenvalue weighted by atomic mass is 32.2. The van der Waals surface area contributed by atoms with E-state index in [2.05, 4.69) is 4.90 Å². The van der Waals surface area contributed by atoms with Gasteiger partial charge in [-0.25, -0.2) is 8.42 Å². The highest BCUT2D eigenvalue weighted by molar-refractivity contribution is 7.91. The predicted molar refractivity (Wildman–Crippen MR) is 64.2 cm³/mol. The topological polar surface area (TPSA) is 72.6 Å². The van der Waals surface area contributed by atoms with Crippen molar-refractivity contribution in [3.63, 3.8) is 0 Å². The van der Waals surface area contributed by atoms with Gasteiger partial charge in [0.15, 0.2) is 9.84 Å². The molecule has 1 saturated heterocycles. The molecule has 0 aliphatic carbocycles. The SMILES string of the molecule is CCC(N)CS(=O)(=O)CCN1CCOCC1. The summed E-state index contributed by atoms with van der Waals surface area (Å²) in [5, 5.41) is 0. The fourth-order valence-corrected chi connectivity index (χ4v) is 3.21. The van der Waals surface area contributed by atoms with Crippen LogP contribution >= 0.6 is 0 Å². The fraction of sp³-hybridized carbons (Fsp3) is 1.00. The fourth-order valence-electron chi connectivity index (χ4n) is 1.62. The number of nitrogens with zero attached hydrogens (tertiary/aromatic N) is 1. The molecule has 0 amide bonds. The molecule has 2 N–H and O–H groups in total. The lowest BCUT2D eigenvalue weighted by molar-refractivity contribution is 0.0408. The molecule has 0 bridgehead atoms. The predicted octanol–water partition coefficient (Wildman–Crippen LogP) is -0.529. The zero-order valence-electron chi connectivity index (χ0n) is 9.89. The van der Waals surface area contributed by atoms with E-state index in [1.807, 2.05) is 6.92 Å². The first-order valence-electron chi connectivity index (χ1n) is 5.79. The minimum absolute atomic E-state index is 0.105. The number of morpholine rings is 1. The molecule has 6 heteroatoms. The van der Waals surface area contributed by atoms with Crippen molar-refractivity contribution < 1.29 is 13.2 Å². The molecule has 0 aromatic rings. The van der Waals surface area contributed by atoms with Gasteiger partial charge in [0.05, 0.1) is 24.7 Å². The van der Waals surface area contributed by atoms with Crippen LogP contribution in [-0.2, 0) is 14.6 Å². The van der Waals surface area contributed by atoms with Crippen LogP contribution in [0, 0.1) is 0 Å². The third-order valence-corrected chi connectivity index (χ3v) is 4.56. The molecule has 0 spiro atoms. The Kier molecular flexibility index (Phi) is 5.68. The number of nitrogens with two attached hydrogens (primary N) is 1. The summed E-state index contributed by atoms with van der Waals surface area (Å²) in [6.07, 6.45) is 0.705. The van der Waals surface area contributed by atoms with Gasteiger partial charge in [-0.05, 0) is 6.42 Å². The van der Waals surface area contributed by atoms with Crippen LogP contribution < -0.4 is 5.73 Å². The Labute approximate surface area is 97.9 Å². The molecule has 5 nitrogen and oxygen atoms in total. The van der Waals surface area contributed by atoms with E-state index in [0.717, 1.165) is 13.1 Å². The normalized spacial score (nSPS) is 20.9. The van der Waals surface area contributed by atoms with Crippen LogP contribution in [0.15, 0.2) is 0 Å². The van der Waals surface area contributed by atoms with Crippen LogP contribution in [0.4, 0.5) is 0 Å². The van der Waals surface area contributed by atoms with E-state index in [9.17, 15) is 8.42 Å². The van der Waals surface area contributed by atoms with Gasteiger partial charge in [0.25, 0.3) is 0 Å².